The summed E-state index contributed by atoms with van der Waals surface area (Å²) in [5.74, 6) is 3.24. The molecule has 0 aromatic carbocycles. The Balaban J connectivity index is 1.51. The van der Waals surface area contributed by atoms with Crippen LogP contribution in [0.4, 0.5) is 5.82 Å². The molecule has 1 amide bonds. The smallest absolute Gasteiger partial charge is 0.236 e. The van der Waals surface area contributed by atoms with Crippen molar-refractivity contribution < 1.29 is 4.79 Å². The third-order valence-electron chi connectivity index (χ3n) is 4.74. The highest BCUT2D eigenvalue weighted by molar-refractivity contribution is 5.78. The first-order chi connectivity index (χ1) is 11.5. The van der Waals surface area contributed by atoms with E-state index in [0.717, 1.165) is 56.0 Å². The Kier molecular flexibility index (Phi) is 5.33. The molecular formula is C18H29N5O. The van der Waals surface area contributed by atoms with Crippen molar-refractivity contribution >= 4 is 11.7 Å². The average molecular weight is 331 g/mol. The van der Waals surface area contributed by atoms with E-state index in [-0.39, 0.29) is 5.91 Å². The number of hydrogen-bond donors (Lipinski definition) is 1. The first kappa shape index (κ1) is 17.1. The Morgan fingerprint density at radius 3 is 2.58 bits per heavy atom. The molecule has 1 saturated heterocycles. The number of aryl methyl sites for hydroxylation is 1. The molecule has 3 rings (SSSR count). The van der Waals surface area contributed by atoms with Crippen LogP contribution >= 0.6 is 0 Å². The average Bonchev–Trinajstić information content (AvgIpc) is 3.38. The molecule has 0 radical (unpaired) electrons. The van der Waals surface area contributed by atoms with E-state index >= 15 is 0 Å². The molecule has 1 saturated carbocycles. The molecule has 6 heteroatoms. The summed E-state index contributed by atoms with van der Waals surface area (Å²) in [5, 5.41) is 3.29. The standard InChI is InChI=1S/C18H29N5O/c1-13(2)18-20-14(3)10-16(21-18)22-6-8-23(9-7-22)17(24)12-19-11-15-4-5-15/h10,13,15,19H,4-9,11-12H2,1-3H3. The van der Waals surface area contributed by atoms with E-state index in [4.69, 9.17) is 4.98 Å². The lowest BCUT2D eigenvalue weighted by atomic mass is 10.2. The lowest BCUT2D eigenvalue weighted by Crippen LogP contribution is -2.51. The van der Waals surface area contributed by atoms with Crippen molar-refractivity contribution in [3.05, 3.63) is 17.6 Å². The minimum atomic E-state index is 0.219. The molecule has 2 aliphatic rings. The van der Waals surface area contributed by atoms with E-state index in [0.29, 0.717) is 12.5 Å². The van der Waals surface area contributed by atoms with Gasteiger partial charge in [-0.15, -0.1) is 0 Å². The van der Waals surface area contributed by atoms with Crippen LogP contribution in [0.1, 0.15) is 44.1 Å². The molecule has 1 aromatic heterocycles. The summed E-state index contributed by atoms with van der Waals surface area (Å²) in [5.41, 5.74) is 1.01. The highest BCUT2D eigenvalue weighted by atomic mass is 16.2. The van der Waals surface area contributed by atoms with Gasteiger partial charge in [0.25, 0.3) is 0 Å². The van der Waals surface area contributed by atoms with Gasteiger partial charge in [-0.3, -0.25) is 4.79 Å². The second-order valence-corrected chi connectivity index (χ2v) is 7.32. The fourth-order valence-electron chi connectivity index (χ4n) is 3.00. The van der Waals surface area contributed by atoms with Gasteiger partial charge in [-0.2, -0.15) is 0 Å². The maximum atomic E-state index is 12.3. The molecule has 0 bridgehead atoms. The van der Waals surface area contributed by atoms with E-state index in [9.17, 15) is 4.79 Å². The Morgan fingerprint density at radius 1 is 1.25 bits per heavy atom. The van der Waals surface area contributed by atoms with Crippen LogP contribution in [0.3, 0.4) is 0 Å². The number of nitrogens with one attached hydrogen (secondary N) is 1. The van der Waals surface area contributed by atoms with Crippen molar-refractivity contribution in [1.29, 1.82) is 0 Å². The molecule has 0 atom stereocenters. The summed E-state index contributed by atoms with van der Waals surface area (Å²) < 4.78 is 0. The number of piperazine rings is 1. The van der Waals surface area contributed by atoms with Gasteiger partial charge in [-0.1, -0.05) is 13.8 Å². The summed E-state index contributed by atoms with van der Waals surface area (Å²) in [6.07, 6.45) is 2.63. The Labute approximate surface area is 144 Å². The molecular weight excluding hydrogens is 302 g/mol. The maximum Gasteiger partial charge on any atom is 0.236 e. The fourth-order valence-corrected chi connectivity index (χ4v) is 3.00. The molecule has 0 spiro atoms. The molecule has 0 unspecified atom stereocenters. The number of nitrogens with zero attached hydrogens (tertiary/aromatic N) is 4. The van der Waals surface area contributed by atoms with E-state index < -0.39 is 0 Å². The predicted molar refractivity (Wildman–Crippen MR) is 95.2 cm³/mol. The van der Waals surface area contributed by atoms with Crippen LogP contribution < -0.4 is 10.2 Å². The van der Waals surface area contributed by atoms with Gasteiger partial charge in [0.1, 0.15) is 11.6 Å². The number of carbonyl (C=O) groups is 1. The van der Waals surface area contributed by atoms with Crippen LogP contribution in [-0.2, 0) is 4.79 Å². The number of anilines is 1. The van der Waals surface area contributed by atoms with E-state index in [2.05, 4.69) is 29.0 Å². The van der Waals surface area contributed by atoms with Crippen molar-refractivity contribution in [2.45, 2.75) is 39.5 Å². The molecule has 1 aliphatic carbocycles. The van der Waals surface area contributed by atoms with Crippen molar-refractivity contribution in [2.75, 3.05) is 44.2 Å². The minimum absolute atomic E-state index is 0.219. The van der Waals surface area contributed by atoms with Gasteiger partial charge in [0.15, 0.2) is 0 Å². The van der Waals surface area contributed by atoms with Crippen LogP contribution in [0.25, 0.3) is 0 Å². The van der Waals surface area contributed by atoms with Crippen molar-refractivity contribution in [2.24, 2.45) is 5.92 Å². The molecule has 1 aliphatic heterocycles. The van der Waals surface area contributed by atoms with Crippen molar-refractivity contribution in [3.63, 3.8) is 0 Å². The lowest BCUT2D eigenvalue weighted by Gasteiger charge is -2.35. The van der Waals surface area contributed by atoms with Gasteiger partial charge < -0.3 is 15.1 Å². The Hall–Kier alpha value is -1.69. The first-order valence-electron chi connectivity index (χ1n) is 9.12. The van der Waals surface area contributed by atoms with E-state index in [1.54, 1.807) is 0 Å². The fraction of sp³-hybridized carbons (Fsp3) is 0.722. The van der Waals surface area contributed by atoms with Crippen LogP contribution in [0.5, 0.6) is 0 Å². The molecule has 6 nitrogen and oxygen atoms in total. The van der Waals surface area contributed by atoms with Gasteiger partial charge in [0.2, 0.25) is 5.91 Å². The topological polar surface area (TPSA) is 61.4 Å². The predicted octanol–water partition coefficient (Wildman–Crippen LogP) is 1.56. The summed E-state index contributed by atoms with van der Waals surface area (Å²) in [7, 11) is 0. The quantitative estimate of drug-likeness (QED) is 0.857. The first-order valence-corrected chi connectivity index (χ1v) is 9.12. The van der Waals surface area contributed by atoms with Crippen LogP contribution in [-0.4, -0.2) is 60.0 Å². The summed E-state index contributed by atoms with van der Waals surface area (Å²) in [6, 6.07) is 2.04. The van der Waals surface area contributed by atoms with Crippen molar-refractivity contribution in [1.82, 2.24) is 20.2 Å². The van der Waals surface area contributed by atoms with Crippen LogP contribution in [0.2, 0.25) is 0 Å². The van der Waals surface area contributed by atoms with Gasteiger partial charge in [0, 0.05) is 43.9 Å². The van der Waals surface area contributed by atoms with E-state index in [1.165, 1.54) is 12.8 Å². The number of rotatable bonds is 6. The summed E-state index contributed by atoms with van der Waals surface area (Å²) >= 11 is 0. The minimum Gasteiger partial charge on any atom is -0.353 e. The van der Waals surface area contributed by atoms with Gasteiger partial charge in [-0.25, -0.2) is 9.97 Å². The number of carbonyl (C=O) groups excluding carboxylic acids is 1. The van der Waals surface area contributed by atoms with Crippen LogP contribution in [0, 0.1) is 12.8 Å². The summed E-state index contributed by atoms with van der Waals surface area (Å²) in [4.78, 5) is 25.7. The second kappa shape index (κ2) is 7.47. The molecule has 2 heterocycles. The molecule has 1 N–H and O–H groups in total. The molecule has 1 aromatic rings. The zero-order valence-corrected chi connectivity index (χ0v) is 15.1. The largest absolute Gasteiger partial charge is 0.353 e. The lowest BCUT2D eigenvalue weighted by molar-refractivity contribution is -0.130. The zero-order chi connectivity index (χ0) is 17.1. The maximum absolute atomic E-state index is 12.3. The van der Waals surface area contributed by atoms with Gasteiger partial charge >= 0.3 is 0 Å². The van der Waals surface area contributed by atoms with Gasteiger partial charge in [0.05, 0.1) is 6.54 Å². The van der Waals surface area contributed by atoms with Gasteiger partial charge in [-0.05, 0) is 32.2 Å². The highest BCUT2D eigenvalue weighted by Gasteiger charge is 2.24. The van der Waals surface area contributed by atoms with Crippen LogP contribution in [0.15, 0.2) is 6.07 Å². The zero-order valence-electron chi connectivity index (χ0n) is 15.1. The van der Waals surface area contributed by atoms with Crippen molar-refractivity contribution in [3.8, 4) is 0 Å². The molecule has 132 valence electrons. The SMILES string of the molecule is Cc1cc(N2CCN(C(=O)CNCC3CC3)CC2)nc(C(C)C)n1. The van der Waals surface area contributed by atoms with E-state index in [1.807, 2.05) is 17.9 Å². The monoisotopic (exact) mass is 331 g/mol. The normalized spacial score (nSPS) is 18.3. The Morgan fingerprint density at radius 2 is 1.96 bits per heavy atom. The number of aromatic nitrogens is 2. The second-order valence-electron chi connectivity index (χ2n) is 7.32. The Bertz CT molecular complexity index is 577. The third-order valence-corrected chi connectivity index (χ3v) is 4.74. The third kappa shape index (κ3) is 4.44. The summed E-state index contributed by atoms with van der Waals surface area (Å²) in [6.45, 7) is 10.9. The molecule has 24 heavy (non-hydrogen) atoms. The molecule has 2 fully saturated rings. The highest BCUT2D eigenvalue weighted by Crippen LogP contribution is 2.27. The number of amides is 1. The number of hydrogen-bond acceptors (Lipinski definition) is 5.